The molecule has 6 heteroatoms. The summed E-state index contributed by atoms with van der Waals surface area (Å²) in [7, 11) is 1.83. The minimum Gasteiger partial charge on any atom is -0.429 e. The minimum absolute atomic E-state index is 0.352. The Labute approximate surface area is 109 Å². The Bertz CT molecular complexity index is 613. The van der Waals surface area contributed by atoms with Crippen molar-refractivity contribution in [2.24, 2.45) is 7.05 Å². The van der Waals surface area contributed by atoms with E-state index in [1.807, 2.05) is 11.6 Å². The van der Waals surface area contributed by atoms with E-state index in [1.54, 1.807) is 30.5 Å². The van der Waals surface area contributed by atoms with E-state index in [0.717, 1.165) is 5.69 Å². The van der Waals surface area contributed by atoms with Gasteiger partial charge in [0.25, 0.3) is 12.9 Å². The van der Waals surface area contributed by atoms with Gasteiger partial charge in [0.1, 0.15) is 24.2 Å². The molecule has 19 heavy (non-hydrogen) atoms. The van der Waals surface area contributed by atoms with E-state index >= 15 is 0 Å². The van der Waals surface area contributed by atoms with Gasteiger partial charge in [0, 0.05) is 18.3 Å². The van der Waals surface area contributed by atoms with Crippen LogP contribution in [0.25, 0.3) is 11.4 Å². The molecule has 0 bridgehead atoms. The van der Waals surface area contributed by atoms with Gasteiger partial charge in [0.15, 0.2) is 6.20 Å². The van der Waals surface area contributed by atoms with Crippen molar-refractivity contribution in [2.75, 3.05) is 0 Å². The number of nitrogens with zero attached hydrogens (tertiary/aromatic N) is 2. The number of rotatable bonds is 5. The van der Waals surface area contributed by atoms with Crippen LogP contribution in [-0.2, 0) is 16.6 Å². The molecule has 0 saturated heterocycles. The van der Waals surface area contributed by atoms with E-state index < -0.39 is 0 Å². The standard InChI is InChI=1S/C13H11N2O4/c1-15-5-3-11(19-9-17)7-13(15)12-6-10(18-8-16)2-4-14-12/h2-9H,1H3/q+1. The average Bonchev–Trinajstić information content (AvgIpc) is 2.42. The molecule has 0 unspecified atom stereocenters. The monoisotopic (exact) mass is 259 g/mol. The fourth-order valence-corrected chi connectivity index (χ4v) is 1.61. The predicted octanol–water partition coefficient (Wildman–Crippen LogP) is 0.643. The van der Waals surface area contributed by atoms with Crippen molar-refractivity contribution in [1.29, 1.82) is 0 Å². The van der Waals surface area contributed by atoms with E-state index in [4.69, 9.17) is 9.47 Å². The Kier molecular flexibility index (Phi) is 3.82. The SMILES string of the molecule is C[n+]1ccc(OC=O)cc1-c1cc(OC=O)ccn1. The quantitative estimate of drug-likeness (QED) is 0.582. The van der Waals surface area contributed by atoms with Crippen molar-refractivity contribution in [3.05, 3.63) is 36.7 Å². The Morgan fingerprint density at radius 1 is 1.11 bits per heavy atom. The van der Waals surface area contributed by atoms with E-state index in [9.17, 15) is 9.59 Å². The summed E-state index contributed by atoms with van der Waals surface area (Å²) >= 11 is 0. The Hall–Kier alpha value is -2.76. The van der Waals surface area contributed by atoms with Crippen LogP contribution < -0.4 is 14.0 Å². The van der Waals surface area contributed by atoms with Gasteiger partial charge in [0.05, 0.1) is 6.07 Å². The molecule has 0 aromatic carbocycles. The fourth-order valence-electron chi connectivity index (χ4n) is 1.61. The van der Waals surface area contributed by atoms with Crippen LogP contribution in [0.1, 0.15) is 0 Å². The lowest BCUT2D eigenvalue weighted by atomic mass is 10.2. The predicted molar refractivity (Wildman–Crippen MR) is 64.2 cm³/mol. The first-order valence-corrected chi connectivity index (χ1v) is 5.41. The van der Waals surface area contributed by atoms with Crippen LogP contribution in [0.5, 0.6) is 11.5 Å². The molecular weight excluding hydrogens is 248 g/mol. The highest BCUT2D eigenvalue weighted by Gasteiger charge is 2.14. The van der Waals surface area contributed by atoms with Gasteiger partial charge in [-0.1, -0.05) is 0 Å². The van der Waals surface area contributed by atoms with Crippen LogP contribution in [-0.4, -0.2) is 17.9 Å². The van der Waals surface area contributed by atoms with Gasteiger partial charge in [-0.05, 0) is 6.07 Å². The molecule has 0 amide bonds. The summed E-state index contributed by atoms with van der Waals surface area (Å²) in [5.74, 6) is 0.799. The van der Waals surface area contributed by atoms with Crippen LogP contribution in [0.2, 0.25) is 0 Å². The Morgan fingerprint density at radius 3 is 2.47 bits per heavy atom. The van der Waals surface area contributed by atoms with Gasteiger partial charge in [-0.3, -0.25) is 9.59 Å². The molecule has 0 aliphatic rings. The third-order valence-corrected chi connectivity index (χ3v) is 2.48. The first kappa shape index (κ1) is 12.7. The zero-order valence-electron chi connectivity index (χ0n) is 10.1. The fraction of sp³-hybridized carbons (Fsp3) is 0.0769. The maximum absolute atomic E-state index is 10.3. The molecule has 0 aliphatic carbocycles. The molecule has 2 aromatic rings. The number of pyridine rings is 2. The zero-order valence-corrected chi connectivity index (χ0v) is 10.1. The highest BCUT2D eigenvalue weighted by atomic mass is 16.5. The topological polar surface area (TPSA) is 69.4 Å². The van der Waals surface area contributed by atoms with Gasteiger partial charge in [-0.2, -0.15) is 4.57 Å². The lowest BCUT2D eigenvalue weighted by molar-refractivity contribution is -0.660. The number of ether oxygens (including phenoxy) is 2. The summed E-state index contributed by atoms with van der Waals surface area (Å²) in [4.78, 5) is 24.9. The van der Waals surface area contributed by atoms with Crippen LogP contribution in [0.3, 0.4) is 0 Å². The van der Waals surface area contributed by atoms with Crippen molar-refractivity contribution < 1.29 is 23.6 Å². The summed E-state index contributed by atoms with van der Waals surface area (Å²) in [6, 6.07) is 6.52. The molecule has 0 N–H and O–H groups in total. The van der Waals surface area contributed by atoms with Crippen molar-refractivity contribution in [1.82, 2.24) is 4.98 Å². The Morgan fingerprint density at radius 2 is 1.79 bits per heavy atom. The number of hydrogen-bond donors (Lipinski definition) is 0. The normalized spacial score (nSPS) is 9.74. The van der Waals surface area contributed by atoms with Crippen LogP contribution in [0.4, 0.5) is 0 Å². The summed E-state index contributed by atoms with van der Waals surface area (Å²) < 4.78 is 11.4. The van der Waals surface area contributed by atoms with Crippen molar-refractivity contribution >= 4 is 12.9 Å². The number of carbonyl (C=O) groups is 2. The molecule has 0 spiro atoms. The van der Waals surface area contributed by atoms with E-state index in [1.165, 1.54) is 6.20 Å². The van der Waals surface area contributed by atoms with Gasteiger partial charge in [-0.25, -0.2) is 4.98 Å². The highest BCUT2D eigenvalue weighted by molar-refractivity contribution is 5.57. The second kappa shape index (κ2) is 5.72. The summed E-state index contributed by atoms with van der Waals surface area (Å²) in [5, 5.41) is 0. The molecule has 0 aliphatic heterocycles. The van der Waals surface area contributed by atoms with Crippen molar-refractivity contribution in [2.45, 2.75) is 0 Å². The lowest BCUT2D eigenvalue weighted by Gasteiger charge is -2.03. The number of aromatic nitrogens is 2. The van der Waals surface area contributed by atoms with Gasteiger partial charge >= 0.3 is 0 Å². The minimum atomic E-state index is 0.352. The van der Waals surface area contributed by atoms with Crippen molar-refractivity contribution in [3.63, 3.8) is 0 Å². The highest BCUT2D eigenvalue weighted by Crippen LogP contribution is 2.21. The zero-order chi connectivity index (χ0) is 13.7. The molecule has 6 nitrogen and oxygen atoms in total. The first-order chi connectivity index (χ1) is 9.24. The molecule has 0 atom stereocenters. The van der Waals surface area contributed by atoms with Gasteiger partial charge in [0.2, 0.25) is 5.69 Å². The third kappa shape index (κ3) is 2.92. The van der Waals surface area contributed by atoms with Crippen LogP contribution >= 0.6 is 0 Å². The van der Waals surface area contributed by atoms with Gasteiger partial charge < -0.3 is 9.47 Å². The summed E-state index contributed by atoms with van der Waals surface area (Å²) in [5.41, 5.74) is 1.31. The van der Waals surface area contributed by atoms with E-state index in [-0.39, 0.29) is 0 Å². The second-order valence-corrected chi connectivity index (χ2v) is 3.66. The second-order valence-electron chi connectivity index (χ2n) is 3.66. The lowest BCUT2D eigenvalue weighted by Crippen LogP contribution is -2.30. The van der Waals surface area contributed by atoms with Crippen molar-refractivity contribution in [3.8, 4) is 22.9 Å². The van der Waals surface area contributed by atoms with Crippen LogP contribution in [0, 0.1) is 0 Å². The molecule has 0 radical (unpaired) electrons. The summed E-state index contributed by atoms with van der Waals surface area (Å²) in [6.07, 6.45) is 3.27. The number of hydrogen-bond acceptors (Lipinski definition) is 5. The smallest absolute Gasteiger partial charge is 0.298 e. The van der Waals surface area contributed by atoms with Crippen LogP contribution in [0.15, 0.2) is 36.7 Å². The molecule has 96 valence electrons. The number of carbonyl (C=O) groups excluding carboxylic acids is 2. The molecule has 2 heterocycles. The molecule has 2 aromatic heterocycles. The number of aryl methyl sites for hydroxylation is 1. The largest absolute Gasteiger partial charge is 0.429 e. The Balaban J connectivity index is 2.44. The maximum Gasteiger partial charge on any atom is 0.298 e. The third-order valence-electron chi connectivity index (χ3n) is 2.48. The summed E-state index contributed by atoms with van der Waals surface area (Å²) in [6.45, 7) is 0.712. The molecule has 0 saturated carbocycles. The van der Waals surface area contributed by atoms with Gasteiger partial charge in [-0.15, -0.1) is 0 Å². The molecule has 0 fully saturated rings. The first-order valence-electron chi connectivity index (χ1n) is 5.41. The van der Waals surface area contributed by atoms with E-state index in [2.05, 4.69) is 4.98 Å². The van der Waals surface area contributed by atoms with E-state index in [0.29, 0.717) is 30.1 Å². The maximum atomic E-state index is 10.3. The molecular formula is C13H11N2O4+. The average molecular weight is 259 g/mol. The molecule has 2 rings (SSSR count).